The summed E-state index contributed by atoms with van der Waals surface area (Å²) in [6.07, 6.45) is -2.91. The van der Waals surface area contributed by atoms with Gasteiger partial charge in [0.2, 0.25) is 5.95 Å². The van der Waals surface area contributed by atoms with Crippen molar-refractivity contribution in [2.24, 2.45) is 0 Å². The molecule has 3 amide bonds. The predicted octanol–water partition coefficient (Wildman–Crippen LogP) is 5.79. The Morgan fingerprint density at radius 3 is 2.51 bits per heavy atom. The first-order chi connectivity index (χ1) is 18.5. The van der Waals surface area contributed by atoms with Crippen molar-refractivity contribution in [1.82, 2.24) is 14.9 Å². The fraction of sp³-hybridized carbons (Fsp3) is 0.214. The summed E-state index contributed by atoms with van der Waals surface area (Å²) >= 11 is 0. The normalized spacial score (nSPS) is 13.7. The molecule has 2 heterocycles. The summed E-state index contributed by atoms with van der Waals surface area (Å²) in [5.74, 6) is -0.0963. The van der Waals surface area contributed by atoms with E-state index in [1.165, 1.54) is 15.9 Å². The number of halogens is 3. The van der Waals surface area contributed by atoms with E-state index < -0.39 is 17.6 Å². The zero-order chi connectivity index (χ0) is 27.9. The Morgan fingerprint density at radius 2 is 1.82 bits per heavy atom. The Hall–Kier alpha value is -4.67. The highest BCUT2D eigenvalue weighted by Crippen LogP contribution is 2.37. The Bertz CT molecular complexity index is 1600. The molecule has 8 nitrogen and oxygen atoms in total. The summed E-state index contributed by atoms with van der Waals surface area (Å²) in [5, 5.41) is 6.33. The van der Waals surface area contributed by atoms with Gasteiger partial charge < -0.3 is 15.5 Å². The van der Waals surface area contributed by atoms with Crippen molar-refractivity contribution in [1.29, 1.82) is 0 Å². The van der Waals surface area contributed by atoms with Gasteiger partial charge in [0.25, 0.3) is 5.91 Å². The molecule has 0 bridgehead atoms. The molecule has 4 aromatic rings. The van der Waals surface area contributed by atoms with Gasteiger partial charge in [-0.25, -0.2) is 14.8 Å². The zero-order valence-electron chi connectivity index (χ0n) is 21.4. The zero-order valence-corrected chi connectivity index (χ0v) is 21.4. The van der Waals surface area contributed by atoms with Crippen molar-refractivity contribution < 1.29 is 22.8 Å². The van der Waals surface area contributed by atoms with Crippen LogP contribution in [0.3, 0.4) is 0 Å². The number of hydrogen-bond acceptors (Lipinski definition) is 5. The summed E-state index contributed by atoms with van der Waals surface area (Å²) in [6.45, 7) is 2.61. The van der Waals surface area contributed by atoms with Gasteiger partial charge in [0.15, 0.2) is 0 Å². The number of likely N-dealkylation sites (N-methyl/N-ethyl adjacent to an activating group) is 1. The van der Waals surface area contributed by atoms with Crippen molar-refractivity contribution in [3.05, 3.63) is 77.5 Å². The number of urea groups is 1. The highest BCUT2D eigenvalue weighted by atomic mass is 19.4. The molecule has 1 fully saturated rings. The molecule has 2 N–H and O–H groups in total. The first-order valence-electron chi connectivity index (χ1n) is 12.2. The number of anilines is 3. The van der Waals surface area contributed by atoms with E-state index in [-0.39, 0.29) is 23.0 Å². The maximum atomic E-state index is 13.5. The van der Waals surface area contributed by atoms with Crippen molar-refractivity contribution >= 4 is 40.2 Å². The smallest absolute Gasteiger partial charge is 0.357 e. The minimum absolute atomic E-state index is 0.0937. The second-order valence-electron chi connectivity index (χ2n) is 9.29. The largest absolute Gasteiger partial charge is 0.416 e. The Kier molecular flexibility index (Phi) is 6.59. The fourth-order valence-corrected chi connectivity index (χ4v) is 4.51. The molecule has 1 aliphatic heterocycles. The molecule has 0 radical (unpaired) electrons. The number of benzene rings is 3. The van der Waals surface area contributed by atoms with E-state index in [0.717, 1.165) is 39.7 Å². The van der Waals surface area contributed by atoms with Crippen LogP contribution in [0, 0.1) is 6.92 Å². The Labute approximate surface area is 222 Å². The van der Waals surface area contributed by atoms with Crippen LogP contribution in [0.4, 0.5) is 35.3 Å². The molecule has 0 atom stereocenters. The first kappa shape index (κ1) is 26.0. The third-order valence-electron chi connectivity index (χ3n) is 6.69. The van der Waals surface area contributed by atoms with Crippen molar-refractivity contribution in [3.8, 4) is 11.1 Å². The molecule has 0 unspecified atom stereocenters. The molecule has 1 saturated heterocycles. The van der Waals surface area contributed by atoms with Crippen LogP contribution in [0.2, 0.25) is 0 Å². The number of rotatable bonds is 5. The van der Waals surface area contributed by atoms with Gasteiger partial charge in [-0.05, 0) is 66.1 Å². The fourth-order valence-electron chi connectivity index (χ4n) is 4.51. The molecule has 0 aliphatic carbocycles. The van der Waals surface area contributed by atoms with Gasteiger partial charge in [-0.1, -0.05) is 12.1 Å². The summed E-state index contributed by atoms with van der Waals surface area (Å²) in [6, 6.07) is 13.4. The van der Waals surface area contributed by atoms with Crippen molar-refractivity contribution in [2.45, 2.75) is 13.1 Å². The number of alkyl halides is 3. The number of carbonyl (C=O) groups excluding carboxylic acids is 2. The number of hydrogen-bond donors (Lipinski definition) is 2. The second-order valence-corrected chi connectivity index (χ2v) is 9.29. The quantitative estimate of drug-likeness (QED) is 0.338. The van der Waals surface area contributed by atoms with E-state index in [1.54, 1.807) is 38.5 Å². The number of aromatic nitrogens is 2. The van der Waals surface area contributed by atoms with Crippen LogP contribution in [0.5, 0.6) is 0 Å². The Morgan fingerprint density at radius 1 is 1.03 bits per heavy atom. The van der Waals surface area contributed by atoms with Gasteiger partial charge in [0, 0.05) is 44.3 Å². The molecular formula is C28H25F3N6O2. The molecule has 0 saturated carbocycles. The molecule has 39 heavy (non-hydrogen) atoms. The molecule has 0 spiro atoms. The van der Waals surface area contributed by atoms with Crippen LogP contribution < -0.4 is 15.5 Å². The summed E-state index contributed by atoms with van der Waals surface area (Å²) < 4.78 is 40.5. The highest BCUT2D eigenvalue weighted by Gasteiger charge is 2.34. The lowest BCUT2D eigenvalue weighted by Gasteiger charge is -2.21. The van der Waals surface area contributed by atoms with Gasteiger partial charge in [-0.15, -0.1) is 0 Å². The van der Waals surface area contributed by atoms with Crippen LogP contribution in [0.25, 0.3) is 22.0 Å². The monoisotopic (exact) mass is 534 g/mol. The number of nitrogens with zero attached hydrogens (tertiary/aromatic N) is 4. The van der Waals surface area contributed by atoms with Crippen LogP contribution in [-0.2, 0) is 6.18 Å². The maximum Gasteiger partial charge on any atom is 0.416 e. The summed E-state index contributed by atoms with van der Waals surface area (Å²) in [4.78, 5) is 37.4. The average Bonchev–Trinajstić information content (AvgIpc) is 3.25. The van der Waals surface area contributed by atoms with E-state index in [0.29, 0.717) is 19.0 Å². The van der Waals surface area contributed by atoms with Crippen LogP contribution >= 0.6 is 0 Å². The average molecular weight is 535 g/mol. The lowest BCUT2D eigenvalue weighted by molar-refractivity contribution is -0.137. The number of fused-ring (bicyclic) bond motifs is 1. The van der Waals surface area contributed by atoms with Crippen molar-refractivity contribution in [3.63, 3.8) is 0 Å². The molecule has 3 aromatic carbocycles. The lowest BCUT2D eigenvalue weighted by Crippen LogP contribution is -2.30. The molecule has 1 aliphatic rings. The van der Waals surface area contributed by atoms with Crippen LogP contribution in [0.1, 0.15) is 21.5 Å². The number of aryl methyl sites for hydroxylation is 1. The number of carbonyl (C=O) groups is 2. The van der Waals surface area contributed by atoms with Crippen LogP contribution in [-0.4, -0.2) is 54.0 Å². The third-order valence-corrected chi connectivity index (χ3v) is 6.69. The minimum Gasteiger partial charge on any atom is -0.357 e. The highest BCUT2D eigenvalue weighted by molar-refractivity contribution is 6.08. The second kappa shape index (κ2) is 9.90. The summed E-state index contributed by atoms with van der Waals surface area (Å²) in [7, 11) is 3.34. The van der Waals surface area contributed by atoms with Gasteiger partial charge >= 0.3 is 12.2 Å². The van der Waals surface area contributed by atoms with Gasteiger partial charge in [0.1, 0.15) is 0 Å². The minimum atomic E-state index is -4.62. The van der Waals surface area contributed by atoms with Crippen LogP contribution in [0.15, 0.2) is 60.8 Å². The van der Waals surface area contributed by atoms with E-state index in [9.17, 15) is 22.8 Å². The maximum absolute atomic E-state index is 13.5. The first-order valence-corrected chi connectivity index (χ1v) is 12.2. The van der Waals surface area contributed by atoms with Gasteiger partial charge in [-0.2, -0.15) is 13.2 Å². The molecule has 5 rings (SSSR count). The Balaban J connectivity index is 1.49. The SMILES string of the molecule is CNc1ncc2cc(-c3cc(C(=O)Nc4cc(C(F)(F)F)ccc4N4CCN(C)C4=O)ccc3C)ccc2n1. The van der Waals surface area contributed by atoms with E-state index >= 15 is 0 Å². The van der Waals surface area contributed by atoms with Gasteiger partial charge in [-0.3, -0.25) is 9.69 Å². The van der Waals surface area contributed by atoms with Crippen molar-refractivity contribution in [2.75, 3.05) is 42.7 Å². The number of amides is 3. The predicted molar refractivity (Wildman–Crippen MR) is 144 cm³/mol. The molecule has 1 aromatic heterocycles. The lowest BCUT2D eigenvalue weighted by atomic mass is 9.97. The third kappa shape index (κ3) is 5.07. The molecule has 200 valence electrons. The molecule has 11 heteroatoms. The van der Waals surface area contributed by atoms with E-state index in [4.69, 9.17) is 0 Å². The van der Waals surface area contributed by atoms with E-state index in [2.05, 4.69) is 20.6 Å². The topological polar surface area (TPSA) is 90.5 Å². The van der Waals surface area contributed by atoms with E-state index in [1.807, 2.05) is 25.1 Å². The number of nitrogens with one attached hydrogen (secondary N) is 2. The molecular weight excluding hydrogens is 509 g/mol. The standard InChI is InChI=1S/C28H25F3N6O2/c1-16-4-5-18(13-21(16)17-6-8-22-19(12-17)15-33-26(32-2)35-22)25(38)34-23-14-20(28(29,30)31)7-9-24(23)37-11-10-36(3)27(37)39/h4-9,12-15H,10-11H2,1-3H3,(H,34,38)(H,32,33,35). The summed E-state index contributed by atoms with van der Waals surface area (Å²) in [5.41, 5.74) is 2.71. The van der Waals surface area contributed by atoms with Gasteiger partial charge in [0.05, 0.1) is 22.5 Å².